The second kappa shape index (κ2) is 70.1. The van der Waals surface area contributed by atoms with Crippen LogP contribution in [0.5, 0.6) is 0 Å². The number of aliphatic hydroxyl groups is 1. The molecule has 0 rings (SSSR count). The minimum Gasteiger partial charge on any atom is -0.462 e. The maximum atomic E-state index is 13.1. The van der Waals surface area contributed by atoms with Crippen LogP contribution in [0.2, 0.25) is 0 Å². The number of aliphatic hydroxyl groups excluding tert-OH is 1. The van der Waals surface area contributed by atoms with E-state index in [1.807, 2.05) is 0 Å². The zero-order chi connectivity index (χ0) is 70.5. The highest BCUT2D eigenvalue weighted by Gasteiger charge is 2.30. The van der Waals surface area contributed by atoms with Crippen LogP contribution in [-0.2, 0) is 65.4 Å². The number of unbranched alkanes of at least 4 members (excludes halogenated alkanes) is 49. The summed E-state index contributed by atoms with van der Waals surface area (Å²) in [6.07, 6.45) is 60.0. The normalized spacial score (nSPS) is 13.9. The van der Waals surface area contributed by atoms with E-state index >= 15 is 0 Å². The highest BCUT2D eigenvalue weighted by molar-refractivity contribution is 7.47. The molecule has 5 atom stereocenters. The average Bonchev–Trinajstić information content (AvgIpc) is 1.23. The molecule has 0 bridgehead atoms. The van der Waals surface area contributed by atoms with Gasteiger partial charge in [0.2, 0.25) is 0 Å². The lowest BCUT2D eigenvalue weighted by molar-refractivity contribution is -0.161. The van der Waals surface area contributed by atoms with Crippen molar-refractivity contribution in [2.24, 2.45) is 5.92 Å². The number of carbonyl (C=O) groups is 4. The monoisotopic (exact) mass is 1410 g/mol. The number of phosphoric acid groups is 2. The molecular weight excluding hydrogens is 1260 g/mol. The molecule has 0 fully saturated rings. The van der Waals surface area contributed by atoms with E-state index in [1.165, 1.54) is 218 Å². The van der Waals surface area contributed by atoms with Gasteiger partial charge in [-0.1, -0.05) is 356 Å². The van der Waals surface area contributed by atoms with E-state index in [-0.39, 0.29) is 25.7 Å². The van der Waals surface area contributed by atoms with Crippen LogP contribution in [0.25, 0.3) is 0 Å². The average molecular weight is 1410 g/mol. The van der Waals surface area contributed by atoms with Crippen LogP contribution in [0.15, 0.2) is 0 Å². The second-order valence-corrected chi connectivity index (χ2v) is 31.1. The Morgan fingerprint density at radius 2 is 0.479 bits per heavy atom. The van der Waals surface area contributed by atoms with Crippen molar-refractivity contribution in [1.82, 2.24) is 0 Å². The van der Waals surface area contributed by atoms with Gasteiger partial charge in [0.05, 0.1) is 26.4 Å². The molecular formula is C77H150O17P2. The van der Waals surface area contributed by atoms with Crippen LogP contribution in [0.3, 0.4) is 0 Å². The SMILES string of the molecule is CCCCCCCCCCCCCCCCCCCCCCCC(=O)O[C@H](COC(=O)CCCCCCCCCCCCCCCCCC)COP(=O)(O)OC[C@@H](O)COP(=O)(O)OC[C@@H](COC(=O)CCCCCCCCC)OC(=O)CCCCCCCCCCCC(C)C. The first kappa shape index (κ1) is 94.1. The first-order chi connectivity index (χ1) is 46.5. The van der Waals surface area contributed by atoms with Crippen molar-refractivity contribution in [3.05, 3.63) is 0 Å². The topological polar surface area (TPSA) is 237 Å². The summed E-state index contributed by atoms with van der Waals surface area (Å²) in [4.78, 5) is 72.7. The second-order valence-electron chi connectivity index (χ2n) is 28.2. The molecule has 0 aromatic rings. The van der Waals surface area contributed by atoms with Crippen molar-refractivity contribution in [2.45, 2.75) is 425 Å². The maximum absolute atomic E-state index is 13.1. The minimum atomic E-state index is -4.96. The molecule has 0 aliphatic heterocycles. The fraction of sp³-hybridized carbons (Fsp3) is 0.948. The molecule has 0 aliphatic rings. The summed E-state index contributed by atoms with van der Waals surface area (Å²) in [5.74, 6) is -1.38. The molecule has 0 heterocycles. The summed E-state index contributed by atoms with van der Waals surface area (Å²) in [7, 11) is -9.91. The molecule has 0 aromatic heterocycles. The lowest BCUT2D eigenvalue weighted by Gasteiger charge is -2.21. The van der Waals surface area contributed by atoms with Gasteiger partial charge < -0.3 is 33.8 Å². The van der Waals surface area contributed by atoms with Gasteiger partial charge >= 0.3 is 39.5 Å². The Kier molecular flexibility index (Phi) is 68.7. The van der Waals surface area contributed by atoms with Crippen LogP contribution in [0.4, 0.5) is 0 Å². The summed E-state index contributed by atoms with van der Waals surface area (Å²) in [5, 5.41) is 10.6. The zero-order valence-electron chi connectivity index (χ0n) is 62.5. The Morgan fingerprint density at radius 1 is 0.281 bits per heavy atom. The van der Waals surface area contributed by atoms with Crippen molar-refractivity contribution in [3.8, 4) is 0 Å². The van der Waals surface area contributed by atoms with Gasteiger partial charge in [0.25, 0.3) is 0 Å². The van der Waals surface area contributed by atoms with E-state index in [1.54, 1.807) is 0 Å². The van der Waals surface area contributed by atoms with Crippen LogP contribution < -0.4 is 0 Å². The van der Waals surface area contributed by atoms with E-state index in [9.17, 15) is 43.2 Å². The van der Waals surface area contributed by atoms with Gasteiger partial charge in [0.1, 0.15) is 19.3 Å². The molecule has 0 saturated carbocycles. The van der Waals surface area contributed by atoms with Crippen LogP contribution in [0, 0.1) is 5.92 Å². The van der Waals surface area contributed by atoms with E-state index in [0.717, 1.165) is 109 Å². The minimum absolute atomic E-state index is 0.105. The highest BCUT2D eigenvalue weighted by Crippen LogP contribution is 2.45. The highest BCUT2D eigenvalue weighted by atomic mass is 31.2. The third kappa shape index (κ3) is 70.5. The van der Waals surface area contributed by atoms with Crippen LogP contribution >= 0.6 is 15.6 Å². The zero-order valence-corrected chi connectivity index (χ0v) is 64.3. The van der Waals surface area contributed by atoms with Crippen molar-refractivity contribution < 1.29 is 80.2 Å². The van der Waals surface area contributed by atoms with Gasteiger partial charge in [-0.05, 0) is 31.6 Å². The van der Waals surface area contributed by atoms with E-state index in [0.29, 0.717) is 25.7 Å². The third-order valence-corrected chi connectivity index (χ3v) is 19.9. The summed E-state index contributed by atoms with van der Waals surface area (Å²) in [6, 6.07) is 0. The number of phosphoric ester groups is 2. The Bertz CT molecular complexity index is 1840. The van der Waals surface area contributed by atoms with Gasteiger partial charge in [-0.3, -0.25) is 37.3 Å². The smallest absolute Gasteiger partial charge is 0.462 e. The Labute approximate surface area is 588 Å². The van der Waals surface area contributed by atoms with E-state index in [2.05, 4.69) is 34.6 Å². The van der Waals surface area contributed by atoms with Gasteiger partial charge in [-0.15, -0.1) is 0 Å². The predicted molar refractivity (Wildman–Crippen MR) is 391 cm³/mol. The summed E-state index contributed by atoms with van der Waals surface area (Å²) in [5.41, 5.74) is 0. The van der Waals surface area contributed by atoms with E-state index in [4.69, 9.17) is 37.0 Å². The molecule has 0 radical (unpaired) electrons. The molecule has 17 nitrogen and oxygen atoms in total. The molecule has 96 heavy (non-hydrogen) atoms. The van der Waals surface area contributed by atoms with Crippen molar-refractivity contribution in [2.75, 3.05) is 39.6 Å². The Balaban J connectivity index is 5.16. The first-order valence-corrected chi connectivity index (χ1v) is 43.1. The molecule has 0 spiro atoms. The van der Waals surface area contributed by atoms with Crippen LogP contribution in [0.1, 0.15) is 407 Å². The summed E-state index contributed by atoms with van der Waals surface area (Å²) < 4.78 is 68.4. The summed E-state index contributed by atoms with van der Waals surface area (Å²) in [6.45, 7) is 7.23. The number of hydrogen-bond acceptors (Lipinski definition) is 15. The number of rotatable bonds is 77. The number of esters is 4. The van der Waals surface area contributed by atoms with Gasteiger partial charge in [0, 0.05) is 25.7 Å². The number of hydrogen-bond donors (Lipinski definition) is 3. The lowest BCUT2D eigenvalue weighted by atomic mass is 10.0. The standard InChI is InChI=1S/C77H150O17P2/c1-6-9-12-15-18-20-22-24-26-28-29-30-31-32-34-36-38-42-47-52-57-62-76(81)94-73(67-88-75(80)61-56-51-46-41-37-35-33-27-25-23-21-19-16-13-10-7-2)69-92-96(85,86)90-65-71(78)64-89-95(83,84)91-68-72(66-87-74(79)60-55-50-44-17-14-11-8-3)93-77(82)63-58-53-48-43-39-40-45-49-54-59-70(4)5/h70-73,78H,6-69H2,1-5H3,(H,83,84)(H,85,86)/t71-,72+,73+/m0/s1. The third-order valence-electron chi connectivity index (χ3n) is 18.0. The van der Waals surface area contributed by atoms with Gasteiger partial charge in [-0.25, -0.2) is 9.13 Å². The van der Waals surface area contributed by atoms with Crippen LogP contribution in [-0.4, -0.2) is 96.7 Å². The van der Waals surface area contributed by atoms with E-state index < -0.39 is 97.5 Å². The molecule has 0 amide bonds. The van der Waals surface area contributed by atoms with Crippen molar-refractivity contribution in [1.29, 1.82) is 0 Å². The lowest BCUT2D eigenvalue weighted by Crippen LogP contribution is -2.30. The van der Waals surface area contributed by atoms with Crippen molar-refractivity contribution >= 4 is 39.5 Å². The largest absolute Gasteiger partial charge is 0.472 e. The fourth-order valence-electron chi connectivity index (χ4n) is 11.9. The Morgan fingerprint density at radius 3 is 0.708 bits per heavy atom. The molecule has 0 aromatic carbocycles. The number of carbonyl (C=O) groups excluding carboxylic acids is 4. The predicted octanol–water partition coefficient (Wildman–Crippen LogP) is 22.9. The quantitative estimate of drug-likeness (QED) is 0.0222. The van der Waals surface area contributed by atoms with Gasteiger partial charge in [-0.2, -0.15) is 0 Å². The molecule has 2 unspecified atom stereocenters. The maximum Gasteiger partial charge on any atom is 0.472 e. The molecule has 0 saturated heterocycles. The Hall–Kier alpha value is -1.94. The molecule has 570 valence electrons. The summed E-state index contributed by atoms with van der Waals surface area (Å²) >= 11 is 0. The number of ether oxygens (including phenoxy) is 4. The van der Waals surface area contributed by atoms with Gasteiger partial charge in [0.15, 0.2) is 12.2 Å². The molecule has 3 N–H and O–H groups in total. The fourth-order valence-corrected chi connectivity index (χ4v) is 13.5. The first-order valence-electron chi connectivity index (χ1n) is 40.1. The molecule has 0 aliphatic carbocycles. The molecule has 19 heteroatoms. The van der Waals surface area contributed by atoms with Crippen molar-refractivity contribution in [3.63, 3.8) is 0 Å².